The number of nitrogens with zero attached hydrogens (tertiary/aromatic N) is 3. The molecule has 0 N–H and O–H groups in total. The van der Waals surface area contributed by atoms with Gasteiger partial charge in [0.15, 0.2) is 5.82 Å². The summed E-state index contributed by atoms with van der Waals surface area (Å²) >= 11 is 0. The average molecular weight is 700 g/mol. The minimum Gasteiger partial charge on any atom is -0.309 e. The highest BCUT2D eigenvalue weighted by Crippen LogP contribution is 2.41. The Morgan fingerprint density at radius 2 is 0.964 bits per heavy atom. The van der Waals surface area contributed by atoms with Gasteiger partial charge in [0.2, 0.25) is 0 Å². The molecule has 2 heterocycles. The van der Waals surface area contributed by atoms with Gasteiger partial charge in [0.25, 0.3) is 0 Å². The van der Waals surface area contributed by atoms with Crippen molar-refractivity contribution in [1.82, 2.24) is 14.5 Å². The molecule has 0 spiro atoms. The number of rotatable bonds is 5. The Kier molecular flexibility index (Phi) is 7.17. The van der Waals surface area contributed by atoms with Crippen molar-refractivity contribution >= 4 is 54.1 Å². The zero-order chi connectivity index (χ0) is 36.3. The summed E-state index contributed by atoms with van der Waals surface area (Å²) in [6, 6.07) is 71.5. The van der Waals surface area contributed by atoms with Crippen molar-refractivity contribution in [2.45, 2.75) is 0 Å². The maximum Gasteiger partial charge on any atom is 0.161 e. The zero-order valence-corrected chi connectivity index (χ0v) is 29.9. The second kappa shape index (κ2) is 12.6. The van der Waals surface area contributed by atoms with Crippen molar-refractivity contribution < 1.29 is 0 Å². The van der Waals surface area contributed by atoms with E-state index in [1.165, 1.54) is 32.4 Å². The van der Waals surface area contributed by atoms with Crippen LogP contribution in [0.4, 0.5) is 0 Å². The molecule has 256 valence electrons. The van der Waals surface area contributed by atoms with E-state index in [0.29, 0.717) is 5.82 Å². The molecule has 3 nitrogen and oxygen atoms in total. The third-order valence-electron chi connectivity index (χ3n) is 11.0. The van der Waals surface area contributed by atoms with Crippen LogP contribution in [0.1, 0.15) is 0 Å². The van der Waals surface area contributed by atoms with Crippen LogP contribution in [-0.2, 0) is 0 Å². The maximum absolute atomic E-state index is 5.52. The standard InChI is InChI=1S/C52H33N3/c1-3-15-34(16-4-1)39-21-11-12-24-42(39)48-33-47(37-28-30-50-46(32-37)43-25-13-14-26-49(43)55(50)38-19-5-2-6-20-38)53-52(54-48)51-41-23-10-8-18-36(41)31-45-40-22-9-7-17-35(40)27-29-44(45)51/h1-33H. The quantitative estimate of drug-likeness (QED) is 0.132. The van der Waals surface area contributed by atoms with Crippen molar-refractivity contribution in [3.05, 3.63) is 200 Å². The van der Waals surface area contributed by atoms with E-state index in [-0.39, 0.29) is 0 Å². The molecular weight excluding hydrogens is 667 g/mol. The third-order valence-corrected chi connectivity index (χ3v) is 11.0. The topological polar surface area (TPSA) is 30.7 Å². The van der Waals surface area contributed by atoms with Crippen LogP contribution in [0.25, 0.3) is 105 Å². The monoisotopic (exact) mass is 699 g/mol. The van der Waals surface area contributed by atoms with Gasteiger partial charge in [0, 0.05) is 33.2 Å². The number of benzene rings is 9. The summed E-state index contributed by atoms with van der Waals surface area (Å²) in [6.45, 7) is 0. The van der Waals surface area contributed by atoms with Crippen molar-refractivity contribution in [1.29, 1.82) is 0 Å². The van der Waals surface area contributed by atoms with E-state index in [1.54, 1.807) is 0 Å². The summed E-state index contributed by atoms with van der Waals surface area (Å²) < 4.78 is 2.36. The van der Waals surface area contributed by atoms with Gasteiger partial charge in [0.05, 0.1) is 22.4 Å². The third kappa shape index (κ3) is 5.13. The minimum absolute atomic E-state index is 0.708. The van der Waals surface area contributed by atoms with Gasteiger partial charge in [-0.05, 0) is 85.9 Å². The fraction of sp³-hybridized carbons (Fsp3) is 0. The Bertz CT molecular complexity index is 3250. The van der Waals surface area contributed by atoms with Crippen LogP contribution in [0, 0.1) is 0 Å². The molecule has 0 fully saturated rings. The summed E-state index contributed by atoms with van der Waals surface area (Å²) in [4.78, 5) is 11.0. The van der Waals surface area contributed by atoms with Gasteiger partial charge in [-0.25, -0.2) is 9.97 Å². The smallest absolute Gasteiger partial charge is 0.161 e. The highest BCUT2D eigenvalue weighted by Gasteiger charge is 2.20. The molecule has 0 radical (unpaired) electrons. The van der Waals surface area contributed by atoms with Crippen LogP contribution in [0.5, 0.6) is 0 Å². The van der Waals surface area contributed by atoms with Gasteiger partial charge in [-0.3, -0.25) is 0 Å². The Morgan fingerprint density at radius 1 is 0.327 bits per heavy atom. The second-order valence-electron chi connectivity index (χ2n) is 14.1. The first-order valence-electron chi connectivity index (χ1n) is 18.7. The van der Waals surface area contributed by atoms with Gasteiger partial charge in [-0.2, -0.15) is 0 Å². The van der Waals surface area contributed by atoms with Crippen molar-refractivity contribution in [3.8, 4) is 50.7 Å². The first-order valence-corrected chi connectivity index (χ1v) is 18.7. The fourth-order valence-electron chi connectivity index (χ4n) is 8.47. The Hall–Kier alpha value is -7.36. The van der Waals surface area contributed by atoms with Gasteiger partial charge >= 0.3 is 0 Å². The average Bonchev–Trinajstić information content (AvgIpc) is 3.59. The molecule has 11 aromatic rings. The summed E-state index contributed by atoms with van der Waals surface area (Å²) in [5.41, 5.74) is 10.7. The lowest BCUT2D eigenvalue weighted by Gasteiger charge is -2.16. The lowest BCUT2D eigenvalue weighted by molar-refractivity contribution is 1.18. The SMILES string of the molecule is c1ccc(-c2ccccc2-c2cc(-c3ccc4c(c3)c3ccccc3n4-c3ccccc3)nc(-c3c4ccccc4cc4c3ccc3ccccc34)n2)cc1. The molecule has 0 saturated heterocycles. The number of aromatic nitrogens is 3. The fourth-order valence-corrected chi connectivity index (χ4v) is 8.47. The summed E-state index contributed by atoms with van der Waals surface area (Å²) in [5.74, 6) is 0.708. The van der Waals surface area contributed by atoms with Crippen LogP contribution in [0.15, 0.2) is 200 Å². The number of hydrogen-bond acceptors (Lipinski definition) is 2. The number of fused-ring (bicyclic) bond motifs is 7. The van der Waals surface area contributed by atoms with Crippen molar-refractivity contribution in [2.24, 2.45) is 0 Å². The van der Waals surface area contributed by atoms with E-state index >= 15 is 0 Å². The molecule has 0 atom stereocenters. The first kappa shape index (κ1) is 31.2. The molecule has 9 aromatic carbocycles. The molecule has 2 aromatic heterocycles. The molecule has 11 rings (SSSR count). The van der Waals surface area contributed by atoms with E-state index in [1.807, 2.05) is 0 Å². The van der Waals surface area contributed by atoms with Gasteiger partial charge < -0.3 is 4.57 Å². The molecule has 0 saturated carbocycles. The van der Waals surface area contributed by atoms with Crippen LogP contribution in [-0.4, -0.2) is 14.5 Å². The van der Waals surface area contributed by atoms with Gasteiger partial charge in [0.1, 0.15) is 0 Å². The number of hydrogen-bond donors (Lipinski definition) is 0. The molecule has 0 bridgehead atoms. The highest BCUT2D eigenvalue weighted by molar-refractivity contribution is 6.19. The summed E-state index contributed by atoms with van der Waals surface area (Å²) in [6.07, 6.45) is 0. The Morgan fingerprint density at radius 3 is 1.80 bits per heavy atom. The molecule has 0 amide bonds. The highest BCUT2D eigenvalue weighted by atomic mass is 15.0. The molecule has 0 aliphatic heterocycles. The Labute approximate surface area is 318 Å². The second-order valence-corrected chi connectivity index (χ2v) is 14.1. The van der Waals surface area contributed by atoms with Gasteiger partial charge in [-0.15, -0.1) is 0 Å². The molecule has 0 aliphatic rings. The summed E-state index contributed by atoms with van der Waals surface area (Å²) in [7, 11) is 0. The molecule has 3 heteroatoms. The van der Waals surface area contributed by atoms with E-state index < -0.39 is 0 Å². The van der Waals surface area contributed by atoms with Crippen LogP contribution in [0.3, 0.4) is 0 Å². The van der Waals surface area contributed by atoms with E-state index in [2.05, 4.69) is 205 Å². The molecule has 55 heavy (non-hydrogen) atoms. The zero-order valence-electron chi connectivity index (χ0n) is 29.9. The normalized spacial score (nSPS) is 11.6. The predicted molar refractivity (Wildman–Crippen MR) is 231 cm³/mol. The lowest BCUT2D eigenvalue weighted by Crippen LogP contribution is -1.99. The minimum atomic E-state index is 0.708. The predicted octanol–water partition coefficient (Wildman–Crippen LogP) is 13.7. The lowest BCUT2D eigenvalue weighted by atomic mass is 9.92. The van der Waals surface area contributed by atoms with Crippen molar-refractivity contribution in [2.75, 3.05) is 0 Å². The van der Waals surface area contributed by atoms with E-state index in [0.717, 1.165) is 66.6 Å². The summed E-state index contributed by atoms with van der Waals surface area (Å²) in [5, 5.41) is 9.46. The largest absolute Gasteiger partial charge is 0.309 e. The number of para-hydroxylation sites is 2. The van der Waals surface area contributed by atoms with Crippen LogP contribution in [0.2, 0.25) is 0 Å². The van der Waals surface area contributed by atoms with Crippen LogP contribution < -0.4 is 0 Å². The first-order chi connectivity index (χ1) is 27.3. The Balaban J connectivity index is 1.22. The van der Waals surface area contributed by atoms with Crippen molar-refractivity contribution in [3.63, 3.8) is 0 Å². The van der Waals surface area contributed by atoms with E-state index in [9.17, 15) is 0 Å². The van der Waals surface area contributed by atoms with Crippen LogP contribution >= 0.6 is 0 Å². The molecule has 0 aliphatic carbocycles. The maximum atomic E-state index is 5.52. The molecular formula is C52H33N3. The van der Waals surface area contributed by atoms with Gasteiger partial charge in [-0.1, -0.05) is 158 Å². The van der Waals surface area contributed by atoms with E-state index in [4.69, 9.17) is 9.97 Å². The molecule has 0 unspecified atom stereocenters.